The first-order valence-corrected chi connectivity index (χ1v) is 6.06. The third kappa shape index (κ3) is 2.64. The monoisotopic (exact) mass is 243 g/mol. The van der Waals surface area contributed by atoms with E-state index in [1.807, 2.05) is 45.0 Å². The third-order valence-electron chi connectivity index (χ3n) is 2.83. The molecule has 0 bridgehead atoms. The van der Waals surface area contributed by atoms with Crippen molar-refractivity contribution in [1.82, 2.24) is 14.8 Å². The Morgan fingerprint density at radius 3 is 2.56 bits per heavy atom. The summed E-state index contributed by atoms with van der Waals surface area (Å²) in [7, 11) is 0. The number of nitrogens with zero attached hydrogens (tertiary/aromatic N) is 3. The molecule has 2 rings (SSSR count). The molecule has 4 heteroatoms. The molecule has 1 aromatic heterocycles. The van der Waals surface area contributed by atoms with Gasteiger partial charge in [0.25, 0.3) is 0 Å². The lowest BCUT2D eigenvalue weighted by Crippen LogP contribution is -2.13. The normalized spacial score (nSPS) is 10.9. The van der Waals surface area contributed by atoms with Crippen LogP contribution in [0.3, 0.4) is 0 Å². The second-order valence-electron chi connectivity index (χ2n) is 4.68. The highest BCUT2D eigenvalue weighted by Crippen LogP contribution is 2.10. The van der Waals surface area contributed by atoms with Crippen molar-refractivity contribution in [2.75, 3.05) is 0 Å². The van der Waals surface area contributed by atoms with E-state index in [4.69, 9.17) is 0 Å². The summed E-state index contributed by atoms with van der Waals surface area (Å²) in [6.07, 6.45) is 1.79. The number of carbonyl (C=O) groups excluding carboxylic acids is 1. The van der Waals surface area contributed by atoms with E-state index in [0.717, 1.165) is 17.0 Å². The number of hydrogen-bond donors (Lipinski definition) is 0. The molecule has 4 nitrogen and oxygen atoms in total. The Bertz CT molecular complexity index is 540. The van der Waals surface area contributed by atoms with Gasteiger partial charge in [0.2, 0.25) is 0 Å². The lowest BCUT2D eigenvalue weighted by Gasteiger charge is -2.08. The number of benzene rings is 1. The Balaban J connectivity index is 2.16. The van der Waals surface area contributed by atoms with E-state index in [2.05, 4.69) is 10.1 Å². The first kappa shape index (κ1) is 12.5. The maximum Gasteiger partial charge on any atom is 0.170 e. The quantitative estimate of drug-likeness (QED) is 0.775. The van der Waals surface area contributed by atoms with Crippen molar-refractivity contribution in [2.24, 2.45) is 0 Å². The Hall–Kier alpha value is -1.97. The maximum absolute atomic E-state index is 12.1. The topological polar surface area (TPSA) is 47.8 Å². The Morgan fingerprint density at radius 2 is 1.94 bits per heavy atom. The molecule has 0 saturated heterocycles. The molecule has 2 aromatic rings. The minimum absolute atomic E-state index is 0.0740. The van der Waals surface area contributed by atoms with Crippen molar-refractivity contribution in [3.63, 3.8) is 0 Å². The number of rotatable bonds is 4. The van der Waals surface area contributed by atoms with Gasteiger partial charge in [-0.2, -0.15) is 5.10 Å². The Kier molecular flexibility index (Phi) is 3.55. The van der Waals surface area contributed by atoms with Crippen LogP contribution in [0, 0.1) is 6.92 Å². The predicted molar refractivity (Wildman–Crippen MR) is 69.6 cm³/mol. The van der Waals surface area contributed by atoms with Crippen molar-refractivity contribution in [1.29, 1.82) is 0 Å². The SMILES string of the molecule is Cc1ccc(C(=O)Cc2ncnn2C(C)C)cc1. The third-order valence-corrected chi connectivity index (χ3v) is 2.83. The number of hydrogen-bond acceptors (Lipinski definition) is 3. The van der Waals surface area contributed by atoms with Crippen LogP contribution in [-0.2, 0) is 6.42 Å². The Morgan fingerprint density at radius 1 is 1.28 bits per heavy atom. The number of Topliss-reactive ketones (excluding diaryl/α,β-unsaturated/α-hetero) is 1. The molecular formula is C14H17N3O. The van der Waals surface area contributed by atoms with Crippen LogP contribution in [0.4, 0.5) is 0 Å². The molecule has 0 aliphatic carbocycles. The summed E-state index contributed by atoms with van der Waals surface area (Å²) in [4.78, 5) is 16.3. The van der Waals surface area contributed by atoms with Gasteiger partial charge in [-0.25, -0.2) is 9.67 Å². The summed E-state index contributed by atoms with van der Waals surface area (Å²) >= 11 is 0. The lowest BCUT2D eigenvalue weighted by molar-refractivity contribution is 0.0989. The summed E-state index contributed by atoms with van der Waals surface area (Å²) < 4.78 is 1.78. The van der Waals surface area contributed by atoms with Crippen LogP contribution in [0.1, 0.15) is 41.6 Å². The minimum atomic E-state index is 0.0740. The second-order valence-corrected chi connectivity index (χ2v) is 4.68. The second kappa shape index (κ2) is 5.12. The van der Waals surface area contributed by atoms with E-state index in [9.17, 15) is 4.79 Å². The van der Waals surface area contributed by atoms with Gasteiger partial charge >= 0.3 is 0 Å². The molecule has 0 amide bonds. The predicted octanol–water partition coefficient (Wildman–Crippen LogP) is 2.59. The van der Waals surface area contributed by atoms with Crippen LogP contribution in [-0.4, -0.2) is 20.5 Å². The van der Waals surface area contributed by atoms with Gasteiger partial charge in [0, 0.05) is 11.6 Å². The molecular weight excluding hydrogens is 226 g/mol. The van der Waals surface area contributed by atoms with Crippen molar-refractivity contribution in [2.45, 2.75) is 33.2 Å². The van der Waals surface area contributed by atoms with Crippen molar-refractivity contribution < 1.29 is 4.79 Å². The molecule has 0 aliphatic rings. The molecule has 0 radical (unpaired) electrons. The molecule has 0 atom stereocenters. The van der Waals surface area contributed by atoms with Gasteiger partial charge in [-0.3, -0.25) is 4.79 Å². The molecule has 18 heavy (non-hydrogen) atoms. The van der Waals surface area contributed by atoms with Crippen LogP contribution in [0.5, 0.6) is 0 Å². The minimum Gasteiger partial charge on any atom is -0.294 e. The summed E-state index contributed by atoms with van der Waals surface area (Å²) in [6.45, 7) is 6.05. The van der Waals surface area contributed by atoms with E-state index in [-0.39, 0.29) is 11.8 Å². The highest BCUT2D eigenvalue weighted by atomic mass is 16.1. The fourth-order valence-corrected chi connectivity index (χ4v) is 1.82. The number of carbonyl (C=O) groups is 1. The molecule has 0 spiro atoms. The van der Waals surface area contributed by atoms with Gasteiger partial charge in [0.15, 0.2) is 5.78 Å². The average molecular weight is 243 g/mol. The highest BCUT2D eigenvalue weighted by Gasteiger charge is 2.13. The van der Waals surface area contributed by atoms with E-state index in [1.54, 1.807) is 4.68 Å². The van der Waals surface area contributed by atoms with Crippen LogP contribution < -0.4 is 0 Å². The van der Waals surface area contributed by atoms with Crippen LogP contribution in [0.2, 0.25) is 0 Å². The molecule has 1 heterocycles. The largest absolute Gasteiger partial charge is 0.294 e. The number of aryl methyl sites for hydroxylation is 1. The molecule has 1 aromatic carbocycles. The molecule has 0 fully saturated rings. The van der Waals surface area contributed by atoms with Crippen LogP contribution in [0.15, 0.2) is 30.6 Å². The fraction of sp³-hybridized carbons (Fsp3) is 0.357. The summed E-state index contributed by atoms with van der Waals surface area (Å²) in [6, 6.07) is 7.82. The van der Waals surface area contributed by atoms with Gasteiger partial charge in [0.05, 0.1) is 6.42 Å². The molecule has 94 valence electrons. The van der Waals surface area contributed by atoms with E-state index in [1.165, 1.54) is 6.33 Å². The highest BCUT2D eigenvalue weighted by molar-refractivity contribution is 5.97. The van der Waals surface area contributed by atoms with Gasteiger partial charge in [-0.1, -0.05) is 29.8 Å². The summed E-state index contributed by atoms with van der Waals surface area (Å²) in [5, 5.41) is 4.13. The zero-order valence-corrected chi connectivity index (χ0v) is 10.9. The van der Waals surface area contributed by atoms with Crippen molar-refractivity contribution in [3.8, 4) is 0 Å². The van der Waals surface area contributed by atoms with Crippen molar-refractivity contribution >= 4 is 5.78 Å². The molecule has 0 aliphatic heterocycles. The van der Waals surface area contributed by atoms with Crippen LogP contribution in [0.25, 0.3) is 0 Å². The Labute approximate surface area is 107 Å². The van der Waals surface area contributed by atoms with Gasteiger partial charge in [0.1, 0.15) is 12.2 Å². The van der Waals surface area contributed by atoms with Crippen molar-refractivity contribution in [3.05, 3.63) is 47.5 Å². The van der Waals surface area contributed by atoms with E-state index >= 15 is 0 Å². The van der Waals surface area contributed by atoms with Gasteiger partial charge in [-0.15, -0.1) is 0 Å². The molecule has 0 N–H and O–H groups in total. The fourth-order valence-electron chi connectivity index (χ4n) is 1.82. The maximum atomic E-state index is 12.1. The standard InChI is InChI=1S/C14H17N3O/c1-10(2)17-14(15-9-16-17)8-13(18)12-6-4-11(3)5-7-12/h4-7,9-10H,8H2,1-3H3. The zero-order valence-electron chi connectivity index (χ0n) is 10.9. The number of ketones is 1. The van der Waals surface area contributed by atoms with Gasteiger partial charge in [-0.05, 0) is 20.8 Å². The van der Waals surface area contributed by atoms with Crippen LogP contribution >= 0.6 is 0 Å². The molecule has 0 saturated carbocycles. The van der Waals surface area contributed by atoms with Gasteiger partial charge < -0.3 is 0 Å². The zero-order chi connectivity index (χ0) is 13.1. The smallest absolute Gasteiger partial charge is 0.170 e. The summed E-state index contributed by atoms with van der Waals surface area (Å²) in [5.41, 5.74) is 1.87. The lowest BCUT2D eigenvalue weighted by atomic mass is 10.1. The summed E-state index contributed by atoms with van der Waals surface area (Å²) in [5.74, 6) is 0.792. The number of aromatic nitrogens is 3. The van der Waals surface area contributed by atoms with E-state index in [0.29, 0.717) is 6.42 Å². The van der Waals surface area contributed by atoms with E-state index < -0.39 is 0 Å². The first-order valence-electron chi connectivity index (χ1n) is 6.06. The first-order chi connectivity index (χ1) is 8.58. The average Bonchev–Trinajstić information content (AvgIpc) is 2.78. The molecule has 0 unspecified atom stereocenters.